The first-order chi connectivity index (χ1) is 15.6. The number of nitrogens with zero attached hydrogens (tertiary/aromatic N) is 1. The maximum Gasteiger partial charge on any atom is 0.318 e. The number of rotatable bonds is 7. The number of carboxylic acid groups (broad SMARTS) is 1. The Labute approximate surface area is 207 Å². The molecule has 0 saturated heterocycles. The van der Waals surface area contributed by atoms with Crippen LogP contribution in [0.25, 0.3) is 11.1 Å². The molecule has 0 heterocycles. The number of carbonyl (C=O) groups is 1. The molecule has 9 heteroatoms. The van der Waals surface area contributed by atoms with Gasteiger partial charge in [-0.25, -0.2) is 8.42 Å². The molecule has 172 valence electrons. The molecular formula is C24H20Cl3NO4S. The molecule has 4 rings (SSSR count). The number of sulfonamides is 1. The smallest absolute Gasteiger partial charge is 0.318 e. The van der Waals surface area contributed by atoms with E-state index in [1.165, 1.54) is 24.3 Å². The standard InChI is InChI=1S/C24H20Cl3NO4S/c25-19-5-7-22(8-6-19)33(31,32)28(15-23(29)30)24(9-2-10-24)18-4-1-3-16(11-18)17-12-20(26)14-21(27)13-17/h1,3-8,11-14H,2,9-10,15H2,(H,29,30). The first-order valence-corrected chi connectivity index (χ1v) is 12.8. The van der Waals surface area contributed by atoms with Crippen molar-refractivity contribution < 1.29 is 18.3 Å². The number of hydrogen-bond donors (Lipinski definition) is 1. The summed E-state index contributed by atoms with van der Waals surface area (Å²) in [6.07, 6.45) is 1.79. The van der Waals surface area contributed by atoms with E-state index in [1.54, 1.807) is 18.2 Å². The molecule has 1 fully saturated rings. The largest absolute Gasteiger partial charge is 0.480 e. The van der Waals surface area contributed by atoms with Crippen molar-refractivity contribution in [1.29, 1.82) is 0 Å². The fraction of sp³-hybridized carbons (Fsp3) is 0.208. The van der Waals surface area contributed by atoms with Crippen molar-refractivity contribution in [1.82, 2.24) is 4.31 Å². The summed E-state index contributed by atoms with van der Waals surface area (Å²) in [6.45, 7) is -0.655. The van der Waals surface area contributed by atoms with Crippen molar-refractivity contribution in [3.05, 3.63) is 87.4 Å². The number of carboxylic acids is 1. The quantitative estimate of drug-likeness (QED) is 0.384. The fourth-order valence-corrected chi connectivity index (χ4v) is 6.64. The normalized spacial score (nSPS) is 15.3. The lowest BCUT2D eigenvalue weighted by Crippen LogP contribution is -2.55. The van der Waals surface area contributed by atoms with Gasteiger partial charge in [0.25, 0.3) is 0 Å². The molecular weight excluding hydrogens is 505 g/mol. The summed E-state index contributed by atoms with van der Waals surface area (Å²) in [7, 11) is -4.12. The van der Waals surface area contributed by atoms with Crippen LogP contribution >= 0.6 is 34.8 Å². The van der Waals surface area contributed by atoms with Crippen LogP contribution in [0.3, 0.4) is 0 Å². The molecule has 0 amide bonds. The van der Waals surface area contributed by atoms with Crippen LogP contribution in [0.2, 0.25) is 15.1 Å². The molecule has 0 spiro atoms. The van der Waals surface area contributed by atoms with E-state index >= 15 is 0 Å². The minimum Gasteiger partial charge on any atom is -0.480 e. The Morgan fingerprint density at radius 3 is 2.06 bits per heavy atom. The SMILES string of the molecule is O=C(O)CN(C1(c2cccc(-c3cc(Cl)cc(Cl)c3)c2)CCC1)S(=O)(=O)c1ccc(Cl)cc1. The molecule has 0 radical (unpaired) electrons. The van der Waals surface area contributed by atoms with Gasteiger partial charge in [0.05, 0.1) is 10.4 Å². The average molecular weight is 525 g/mol. The Morgan fingerprint density at radius 2 is 1.52 bits per heavy atom. The molecule has 1 aliphatic rings. The zero-order chi connectivity index (χ0) is 23.8. The molecule has 0 unspecified atom stereocenters. The van der Waals surface area contributed by atoms with E-state index in [4.69, 9.17) is 34.8 Å². The van der Waals surface area contributed by atoms with Gasteiger partial charge in [-0.05, 0) is 84.5 Å². The van der Waals surface area contributed by atoms with Gasteiger partial charge in [0.1, 0.15) is 6.54 Å². The molecule has 0 atom stereocenters. The monoisotopic (exact) mass is 523 g/mol. The first-order valence-electron chi connectivity index (χ1n) is 10.2. The van der Waals surface area contributed by atoms with Crippen molar-refractivity contribution in [2.45, 2.75) is 29.7 Å². The predicted octanol–water partition coefficient (Wildman–Crippen LogP) is 6.47. The summed E-state index contributed by atoms with van der Waals surface area (Å²) in [6, 6.07) is 18.4. The zero-order valence-electron chi connectivity index (χ0n) is 17.3. The highest BCUT2D eigenvalue weighted by atomic mass is 35.5. The van der Waals surface area contributed by atoms with Gasteiger partial charge < -0.3 is 5.11 Å². The van der Waals surface area contributed by atoms with Crippen molar-refractivity contribution in [3.8, 4) is 11.1 Å². The van der Waals surface area contributed by atoms with E-state index in [0.29, 0.717) is 27.9 Å². The molecule has 3 aromatic carbocycles. The number of aliphatic carboxylic acids is 1. The topological polar surface area (TPSA) is 74.7 Å². The van der Waals surface area contributed by atoms with Crippen LogP contribution in [-0.4, -0.2) is 30.3 Å². The zero-order valence-corrected chi connectivity index (χ0v) is 20.4. The van der Waals surface area contributed by atoms with Crippen LogP contribution in [0.15, 0.2) is 71.6 Å². The molecule has 1 N–H and O–H groups in total. The third-order valence-electron chi connectivity index (χ3n) is 5.93. The summed E-state index contributed by atoms with van der Waals surface area (Å²) in [4.78, 5) is 11.8. The van der Waals surface area contributed by atoms with Gasteiger partial charge in [0.15, 0.2) is 0 Å². The molecule has 5 nitrogen and oxygen atoms in total. The van der Waals surface area contributed by atoms with Crippen molar-refractivity contribution >= 4 is 50.8 Å². The lowest BCUT2D eigenvalue weighted by Gasteiger charge is -2.49. The predicted molar refractivity (Wildman–Crippen MR) is 130 cm³/mol. The fourth-order valence-electron chi connectivity index (χ4n) is 4.23. The van der Waals surface area contributed by atoms with Crippen LogP contribution in [0.1, 0.15) is 24.8 Å². The summed E-state index contributed by atoms with van der Waals surface area (Å²) in [5.74, 6) is -1.23. The number of benzene rings is 3. The van der Waals surface area contributed by atoms with Crippen LogP contribution in [0.4, 0.5) is 0 Å². The van der Waals surface area contributed by atoms with Crippen LogP contribution < -0.4 is 0 Å². The van der Waals surface area contributed by atoms with Crippen LogP contribution in [0, 0.1) is 0 Å². The number of hydrogen-bond acceptors (Lipinski definition) is 3. The van der Waals surface area contributed by atoms with Crippen LogP contribution in [-0.2, 0) is 20.4 Å². The molecule has 33 heavy (non-hydrogen) atoms. The average Bonchev–Trinajstić information content (AvgIpc) is 2.72. The van der Waals surface area contributed by atoms with E-state index in [0.717, 1.165) is 27.4 Å². The minimum atomic E-state index is -4.12. The summed E-state index contributed by atoms with van der Waals surface area (Å²) >= 11 is 18.3. The van der Waals surface area contributed by atoms with Crippen molar-refractivity contribution in [2.24, 2.45) is 0 Å². The summed E-state index contributed by atoms with van der Waals surface area (Å²) < 4.78 is 28.4. The summed E-state index contributed by atoms with van der Waals surface area (Å²) in [5.41, 5.74) is 1.34. The minimum absolute atomic E-state index is 0.00259. The lowest BCUT2D eigenvalue weighted by atomic mass is 9.71. The molecule has 3 aromatic rings. The lowest BCUT2D eigenvalue weighted by molar-refractivity contribution is -0.139. The molecule has 0 aliphatic heterocycles. The van der Waals surface area contributed by atoms with E-state index in [-0.39, 0.29) is 4.90 Å². The van der Waals surface area contributed by atoms with E-state index in [1.807, 2.05) is 24.3 Å². The molecule has 0 aromatic heterocycles. The Bertz CT molecular complexity index is 1290. The highest BCUT2D eigenvalue weighted by molar-refractivity contribution is 7.89. The van der Waals surface area contributed by atoms with Gasteiger partial charge in [-0.2, -0.15) is 4.31 Å². The molecule has 0 bridgehead atoms. The highest BCUT2D eigenvalue weighted by Gasteiger charge is 2.50. The van der Waals surface area contributed by atoms with Gasteiger partial charge in [0.2, 0.25) is 10.0 Å². The molecule has 1 aliphatic carbocycles. The second-order valence-corrected chi connectivity index (χ2v) is 11.2. The van der Waals surface area contributed by atoms with E-state index < -0.39 is 28.1 Å². The Kier molecular flexibility index (Phi) is 6.76. The Hall–Kier alpha value is -2.09. The van der Waals surface area contributed by atoms with Crippen molar-refractivity contribution in [2.75, 3.05) is 6.54 Å². The van der Waals surface area contributed by atoms with Gasteiger partial charge in [-0.15, -0.1) is 0 Å². The van der Waals surface area contributed by atoms with Gasteiger partial charge in [-0.1, -0.05) is 53.0 Å². The Balaban J connectivity index is 1.83. The highest BCUT2D eigenvalue weighted by Crippen LogP contribution is 2.49. The van der Waals surface area contributed by atoms with E-state index in [2.05, 4.69) is 0 Å². The third-order valence-corrected chi connectivity index (χ3v) is 8.55. The van der Waals surface area contributed by atoms with E-state index in [9.17, 15) is 18.3 Å². The first kappa shape index (κ1) is 24.0. The molecule has 1 saturated carbocycles. The maximum atomic E-state index is 13.6. The number of halogens is 3. The van der Waals surface area contributed by atoms with Gasteiger partial charge in [0, 0.05) is 15.1 Å². The summed E-state index contributed by atoms with van der Waals surface area (Å²) in [5, 5.41) is 11.0. The second-order valence-electron chi connectivity index (χ2n) is 7.98. The Morgan fingerprint density at radius 1 is 0.879 bits per heavy atom. The van der Waals surface area contributed by atoms with Crippen LogP contribution in [0.5, 0.6) is 0 Å². The third kappa shape index (κ3) is 4.77. The van der Waals surface area contributed by atoms with Crippen molar-refractivity contribution in [3.63, 3.8) is 0 Å². The van der Waals surface area contributed by atoms with Gasteiger partial charge >= 0.3 is 5.97 Å². The van der Waals surface area contributed by atoms with Gasteiger partial charge in [-0.3, -0.25) is 4.79 Å². The maximum absolute atomic E-state index is 13.6. The second kappa shape index (κ2) is 9.28.